The number of nitrogens with one attached hydrogen (secondary N) is 2. The van der Waals surface area contributed by atoms with Gasteiger partial charge in [-0.05, 0) is 26.0 Å². The fraction of sp³-hybridized carbons (Fsp3) is 0.474. The summed E-state index contributed by atoms with van der Waals surface area (Å²) >= 11 is 0. The van der Waals surface area contributed by atoms with Crippen molar-refractivity contribution in [2.45, 2.75) is 19.9 Å². The van der Waals surface area contributed by atoms with E-state index >= 15 is 0 Å². The van der Waals surface area contributed by atoms with Crippen LogP contribution in [0.1, 0.15) is 24.2 Å². The Balaban J connectivity index is 2.05. The van der Waals surface area contributed by atoms with Gasteiger partial charge in [-0.1, -0.05) is 6.08 Å². The molecule has 0 saturated carbocycles. The molecule has 9 nitrogen and oxygen atoms in total. The summed E-state index contributed by atoms with van der Waals surface area (Å²) in [5, 5.41) is 17.0. The zero-order valence-corrected chi connectivity index (χ0v) is 16.3. The Labute approximate surface area is 164 Å². The van der Waals surface area contributed by atoms with Gasteiger partial charge in [0.1, 0.15) is 5.69 Å². The molecule has 1 heterocycles. The van der Waals surface area contributed by atoms with Gasteiger partial charge in [0.15, 0.2) is 0 Å². The number of rotatable bonds is 8. The predicted octanol–water partition coefficient (Wildman–Crippen LogP) is 1.16. The maximum Gasteiger partial charge on any atom is 0.293 e. The molecule has 1 saturated heterocycles. The second kappa shape index (κ2) is 9.84. The molecule has 0 atom stereocenters. The first-order valence-corrected chi connectivity index (χ1v) is 9.26. The Kier molecular flexibility index (Phi) is 7.51. The summed E-state index contributed by atoms with van der Waals surface area (Å²) in [5.41, 5.74) is 0.664. The number of hydrogen-bond donors (Lipinski definition) is 2. The lowest BCUT2D eigenvalue weighted by Gasteiger charge is -2.35. The maximum absolute atomic E-state index is 12.1. The number of carbonyl (C=O) groups is 2. The van der Waals surface area contributed by atoms with Gasteiger partial charge >= 0.3 is 0 Å². The highest BCUT2D eigenvalue weighted by Crippen LogP contribution is 2.30. The van der Waals surface area contributed by atoms with E-state index in [2.05, 4.69) is 17.2 Å². The summed E-state index contributed by atoms with van der Waals surface area (Å²) < 4.78 is 0. The summed E-state index contributed by atoms with van der Waals surface area (Å²) in [6.45, 7) is 10.3. The van der Waals surface area contributed by atoms with E-state index in [-0.39, 0.29) is 35.7 Å². The molecular weight excluding hydrogens is 362 g/mol. The van der Waals surface area contributed by atoms with E-state index < -0.39 is 4.92 Å². The van der Waals surface area contributed by atoms with Crippen LogP contribution in [0.15, 0.2) is 30.9 Å². The molecule has 1 aliphatic heterocycles. The maximum atomic E-state index is 12.1. The van der Waals surface area contributed by atoms with E-state index in [0.717, 1.165) is 0 Å². The molecule has 1 aromatic rings. The Morgan fingerprint density at radius 1 is 1.29 bits per heavy atom. The largest absolute Gasteiger partial charge is 0.363 e. The Bertz CT molecular complexity index is 742. The average Bonchev–Trinajstić information content (AvgIpc) is 2.66. The van der Waals surface area contributed by atoms with Crippen molar-refractivity contribution in [3.8, 4) is 0 Å². The van der Waals surface area contributed by atoms with Crippen molar-refractivity contribution in [1.29, 1.82) is 0 Å². The topological polar surface area (TPSA) is 108 Å². The highest BCUT2D eigenvalue weighted by Gasteiger charge is 2.25. The van der Waals surface area contributed by atoms with E-state index in [1.165, 1.54) is 6.07 Å². The summed E-state index contributed by atoms with van der Waals surface area (Å²) in [4.78, 5) is 38.9. The minimum atomic E-state index is -0.462. The van der Waals surface area contributed by atoms with Crippen LogP contribution in [0, 0.1) is 10.1 Å². The van der Waals surface area contributed by atoms with Crippen LogP contribution in [0.4, 0.5) is 11.4 Å². The number of nitro groups is 1. The zero-order valence-electron chi connectivity index (χ0n) is 16.3. The van der Waals surface area contributed by atoms with E-state index in [1.807, 2.05) is 23.6 Å². The van der Waals surface area contributed by atoms with Gasteiger partial charge in [-0.2, -0.15) is 0 Å². The van der Waals surface area contributed by atoms with Crippen molar-refractivity contribution >= 4 is 23.2 Å². The van der Waals surface area contributed by atoms with Crippen LogP contribution < -0.4 is 15.5 Å². The monoisotopic (exact) mass is 389 g/mol. The number of piperazine rings is 1. The van der Waals surface area contributed by atoms with Crippen molar-refractivity contribution in [3.05, 3.63) is 46.5 Å². The van der Waals surface area contributed by atoms with Crippen molar-refractivity contribution in [1.82, 2.24) is 15.5 Å². The molecule has 2 N–H and O–H groups in total. The summed E-state index contributed by atoms with van der Waals surface area (Å²) in [6.07, 6.45) is 1.63. The van der Waals surface area contributed by atoms with Gasteiger partial charge in [-0.3, -0.25) is 24.6 Å². The fourth-order valence-electron chi connectivity index (χ4n) is 3.02. The highest BCUT2D eigenvalue weighted by atomic mass is 16.6. The van der Waals surface area contributed by atoms with Gasteiger partial charge in [-0.15, -0.1) is 6.58 Å². The van der Waals surface area contributed by atoms with Crippen molar-refractivity contribution in [2.75, 3.05) is 44.2 Å². The van der Waals surface area contributed by atoms with E-state index in [0.29, 0.717) is 38.4 Å². The van der Waals surface area contributed by atoms with Gasteiger partial charge in [-0.25, -0.2) is 0 Å². The minimum Gasteiger partial charge on any atom is -0.363 e. The number of amides is 2. The third-order valence-electron chi connectivity index (χ3n) is 4.38. The number of nitro benzene ring substituents is 1. The SMILES string of the molecule is C=CCNC(=O)CN1CCN(c2ccc(C(=O)NC(C)C)cc2[N+](=O)[O-])CC1. The molecule has 9 heteroatoms. The number of nitrogens with zero attached hydrogens (tertiary/aromatic N) is 3. The first-order valence-electron chi connectivity index (χ1n) is 9.26. The normalized spacial score (nSPS) is 14.6. The molecule has 0 aromatic heterocycles. The zero-order chi connectivity index (χ0) is 20.7. The first-order chi connectivity index (χ1) is 13.3. The minimum absolute atomic E-state index is 0.0528. The second-order valence-corrected chi connectivity index (χ2v) is 6.94. The van der Waals surface area contributed by atoms with Crippen LogP contribution in [0.5, 0.6) is 0 Å². The number of carbonyl (C=O) groups excluding carboxylic acids is 2. The smallest absolute Gasteiger partial charge is 0.293 e. The Hall–Kier alpha value is -2.94. The number of anilines is 1. The van der Waals surface area contributed by atoms with E-state index in [4.69, 9.17) is 0 Å². The third-order valence-corrected chi connectivity index (χ3v) is 4.38. The van der Waals surface area contributed by atoms with E-state index in [1.54, 1.807) is 18.2 Å². The standard InChI is InChI=1S/C19H27N5O4/c1-4-7-20-18(25)13-22-8-10-23(11-9-22)16-6-5-15(12-17(16)24(27)28)19(26)21-14(2)3/h4-6,12,14H,1,7-11,13H2,2-3H3,(H,20,25)(H,21,26). The van der Waals surface area contributed by atoms with Gasteiger partial charge in [0.05, 0.1) is 11.5 Å². The van der Waals surface area contributed by atoms with Crippen LogP contribution >= 0.6 is 0 Å². The predicted molar refractivity (Wildman–Crippen MR) is 108 cm³/mol. The molecule has 1 aromatic carbocycles. The average molecular weight is 389 g/mol. The molecule has 2 rings (SSSR count). The highest BCUT2D eigenvalue weighted by molar-refractivity contribution is 5.96. The molecule has 0 spiro atoms. The molecule has 152 valence electrons. The van der Waals surface area contributed by atoms with Crippen molar-refractivity contribution in [3.63, 3.8) is 0 Å². The summed E-state index contributed by atoms with van der Waals surface area (Å²) in [6, 6.07) is 4.50. The molecule has 28 heavy (non-hydrogen) atoms. The molecule has 1 aliphatic rings. The Morgan fingerprint density at radius 2 is 1.96 bits per heavy atom. The van der Waals surface area contributed by atoms with Crippen LogP contribution in [-0.2, 0) is 4.79 Å². The lowest BCUT2D eigenvalue weighted by molar-refractivity contribution is -0.384. The van der Waals surface area contributed by atoms with Gasteiger partial charge in [0, 0.05) is 50.4 Å². The lowest BCUT2D eigenvalue weighted by atomic mass is 10.1. The summed E-state index contributed by atoms with van der Waals surface area (Å²) in [5.74, 6) is -0.403. The van der Waals surface area contributed by atoms with Gasteiger partial charge in [0.2, 0.25) is 5.91 Å². The summed E-state index contributed by atoms with van der Waals surface area (Å²) in [7, 11) is 0. The third kappa shape index (κ3) is 5.78. The number of benzene rings is 1. The molecule has 0 bridgehead atoms. The van der Waals surface area contributed by atoms with Crippen LogP contribution in [-0.4, -0.2) is 66.9 Å². The first kappa shape index (κ1) is 21.4. The molecule has 2 amide bonds. The van der Waals surface area contributed by atoms with E-state index in [9.17, 15) is 19.7 Å². The number of hydrogen-bond acceptors (Lipinski definition) is 6. The van der Waals surface area contributed by atoms with Gasteiger partial charge < -0.3 is 15.5 Å². The molecular formula is C19H27N5O4. The van der Waals surface area contributed by atoms with Crippen molar-refractivity contribution < 1.29 is 14.5 Å². The van der Waals surface area contributed by atoms with Crippen LogP contribution in [0.3, 0.4) is 0 Å². The molecule has 0 unspecified atom stereocenters. The lowest BCUT2D eigenvalue weighted by Crippen LogP contribution is -2.49. The van der Waals surface area contributed by atoms with Crippen LogP contribution in [0.25, 0.3) is 0 Å². The van der Waals surface area contributed by atoms with Crippen LogP contribution in [0.2, 0.25) is 0 Å². The molecule has 1 fully saturated rings. The van der Waals surface area contributed by atoms with Crippen molar-refractivity contribution in [2.24, 2.45) is 0 Å². The second-order valence-electron chi connectivity index (χ2n) is 6.94. The Morgan fingerprint density at radius 3 is 2.54 bits per heavy atom. The fourth-order valence-corrected chi connectivity index (χ4v) is 3.02. The quantitative estimate of drug-likeness (QED) is 0.392. The molecule has 0 aliphatic carbocycles. The van der Waals surface area contributed by atoms with Gasteiger partial charge in [0.25, 0.3) is 11.6 Å². The molecule has 0 radical (unpaired) electrons.